The highest BCUT2D eigenvalue weighted by molar-refractivity contribution is 7.85. The minimum atomic E-state index is -4.19. The number of phenols is 1. The van der Waals surface area contributed by atoms with E-state index in [9.17, 15) is 12.8 Å². The molecule has 2 aromatic carbocycles. The molecule has 0 radical (unpaired) electrons. The zero-order valence-electron chi connectivity index (χ0n) is 9.79. The van der Waals surface area contributed by atoms with Crippen molar-refractivity contribution in [3.63, 3.8) is 0 Å². The van der Waals surface area contributed by atoms with E-state index in [4.69, 9.17) is 32.9 Å². The number of hydrogen-bond acceptors (Lipinski definition) is 3. The van der Waals surface area contributed by atoms with Crippen LogP contribution in [0.2, 0.25) is 10.0 Å². The van der Waals surface area contributed by atoms with Gasteiger partial charge in [-0.25, -0.2) is 4.39 Å². The third-order valence-corrected chi connectivity index (χ3v) is 3.72. The molecule has 0 fully saturated rings. The molecule has 8 heteroatoms. The van der Waals surface area contributed by atoms with Crippen molar-refractivity contribution >= 4 is 33.3 Å². The molecule has 0 amide bonds. The van der Waals surface area contributed by atoms with Gasteiger partial charge in [0.05, 0.1) is 9.92 Å². The van der Waals surface area contributed by atoms with E-state index in [1.807, 2.05) is 0 Å². The summed E-state index contributed by atoms with van der Waals surface area (Å²) < 4.78 is 41.4. The molecule has 0 atom stereocenters. The molecular formula is C12H9Cl2FO4S. The van der Waals surface area contributed by atoms with Gasteiger partial charge in [-0.3, -0.25) is 4.55 Å². The molecule has 0 unspecified atom stereocenters. The lowest BCUT2D eigenvalue weighted by Crippen LogP contribution is -1.97. The van der Waals surface area contributed by atoms with Crippen molar-refractivity contribution in [2.45, 2.75) is 4.90 Å². The molecule has 0 aromatic heterocycles. The van der Waals surface area contributed by atoms with Crippen molar-refractivity contribution in [2.75, 3.05) is 0 Å². The predicted molar refractivity (Wildman–Crippen MR) is 74.3 cm³/mol. The van der Waals surface area contributed by atoms with Crippen LogP contribution in [0, 0.1) is 5.82 Å². The second-order valence-electron chi connectivity index (χ2n) is 3.50. The van der Waals surface area contributed by atoms with Crippen LogP contribution in [0.3, 0.4) is 0 Å². The highest BCUT2D eigenvalue weighted by atomic mass is 35.5. The first kappa shape index (κ1) is 16.7. The Labute approximate surface area is 125 Å². The van der Waals surface area contributed by atoms with Crippen LogP contribution in [0.1, 0.15) is 0 Å². The zero-order valence-corrected chi connectivity index (χ0v) is 12.1. The molecule has 0 aliphatic rings. The Hall–Kier alpha value is -1.34. The highest BCUT2D eigenvalue weighted by Crippen LogP contribution is 2.29. The molecule has 4 nitrogen and oxygen atoms in total. The van der Waals surface area contributed by atoms with E-state index >= 15 is 0 Å². The smallest absolute Gasteiger partial charge is 0.294 e. The van der Waals surface area contributed by atoms with Crippen LogP contribution in [0.4, 0.5) is 4.39 Å². The van der Waals surface area contributed by atoms with E-state index < -0.39 is 15.9 Å². The van der Waals surface area contributed by atoms with Crippen LogP contribution in [0.15, 0.2) is 47.4 Å². The molecule has 0 heterocycles. The van der Waals surface area contributed by atoms with Crippen molar-refractivity contribution in [2.24, 2.45) is 0 Å². The van der Waals surface area contributed by atoms with Gasteiger partial charge >= 0.3 is 0 Å². The molecule has 0 spiro atoms. The number of aromatic hydroxyl groups is 1. The average Bonchev–Trinajstić information content (AvgIpc) is 2.36. The Morgan fingerprint density at radius 3 is 1.95 bits per heavy atom. The summed E-state index contributed by atoms with van der Waals surface area (Å²) in [5, 5.41) is 9.46. The van der Waals surface area contributed by atoms with Gasteiger partial charge in [0.2, 0.25) is 0 Å². The van der Waals surface area contributed by atoms with Gasteiger partial charge in [0.25, 0.3) is 10.1 Å². The lowest BCUT2D eigenvalue weighted by molar-refractivity contribution is 0.475. The average molecular weight is 339 g/mol. The Bertz CT molecular complexity index is 667. The summed E-state index contributed by atoms with van der Waals surface area (Å²) in [6.07, 6.45) is 0. The van der Waals surface area contributed by atoms with Gasteiger partial charge in [-0.2, -0.15) is 8.42 Å². The van der Waals surface area contributed by atoms with E-state index in [0.29, 0.717) is 5.02 Å². The summed E-state index contributed by atoms with van der Waals surface area (Å²) in [7, 11) is -4.19. The summed E-state index contributed by atoms with van der Waals surface area (Å²) in [4.78, 5) is -0.307. The lowest BCUT2D eigenvalue weighted by atomic mass is 10.3. The van der Waals surface area contributed by atoms with Crippen LogP contribution in [0.25, 0.3) is 0 Å². The normalized spacial score (nSPS) is 10.6. The molecule has 0 aliphatic heterocycles. The minimum absolute atomic E-state index is 0.0177. The fourth-order valence-corrected chi connectivity index (χ4v) is 1.87. The SMILES string of the molecule is O=S(=O)(O)c1ccc(F)cc1.Oc1cccc(Cl)c1Cl. The molecular weight excluding hydrogens is 330 g/mol. The summed E-state index contributed by atoms with van der Waals surface area (Å²) in [5.41, 5.74) is 0. The number of rotatable bonds is 1. The van der Waals surface area contributed by atoms with Crippen molar-refractivity contribution < 1.29 is 22.5 Å². The van der Waals surface area contributed by atoms with Crippen molar-refractivity contribution in [1.82, 2.24) is 0 Å². The summed E-state index contributed by atoms with van der Waals surface area (Å²) >= 11 is 11.0. The van der Waals surface area contributed by atoms with E-state index in [1.54, 1.807) is 12.1 Å². The highest BCUT2D eigenvalue weighted by Gasteiger charge is 2.07. The Morgan fingerprint density at radius 1 is 1.00 bits per heavy atom. The van der Waals surface area contributed by atoms with Crippen LogP contribution in [0.5, 0.6) is 5.75 Å². The first-order valence-electron chi connectivity index (χ1n) is 5.08. The molecule has 0 aliphatic carbocycles. The van der Waals surface area contributed by atoms with Crippen molar-refractivity contribution in [3.05, 3.63) is 58.3 Å². The molecule has 2 aromatic rings. The quantitative estimate of drug-likeness (QED) is 0.776. The molecule has 108 valence electrons. The standard InChI is InChI=1S/C6H4Cl2O.C6H5FO3S/c7-4-2-1-3-5(9)6(4)8;7-5-1-3-6(4-2-5)11(8,9)10/h1-3,9H;1-4H,(H,8,9,10). The zero-order chi connectivity index (χ0) is 15.3. The summed E-state index contributed by atoms with van der Waals surface area (Å²) in [6.45, 7) is 0. The molecule has 0 saturated heterocycles. The third kappa shape index (κ3) is 4.97. The van der Waals surface area contributed by atoms with Gasteiger partial charge in [-0.1, -0.05) is 29.3 Å². The maximum absolute atomic E-state index is 12.2. The van der Waals surface area contributed by atoms with E-state index in [2.05, 4.69) is 0 Å². The monoisotopic (exact) mass is 338 g/mol. The van der Waals surface area contributed by atoms with E-state index in [1.165, 1.54) is 6.07 Å². The second-order valence-corrected chi connectivity index (χ2v) is 5.71. The third-order valence-electron chi connectivity index (χ3n) is 2.04. The minimum Gasteiger partial charge on any atom is -0.506 e. The van der Waals surface area contributed by atoms with Crippen molar-refractivity contribution in [3.8, 4) is 5.75 Å². The van der Waals surface area contributed by atoms with Crippen LogP contribution in [-0.4, -0.2) is 18.1 Å². The fourth-order valence-electron chi connectivity index (χ4n) is 1.10. The van der Waals surface area contributed by atoms with Gasteiger partial charge in [-0.05, 0) is 36.4 Å². The van der Waals surface area contributed by atoms with Crippen LogP contribution >= 0.6 is 23.2 Å². The first-order chi connectivity index (χ1) is 9.21. The second kappa shape index (κ2) is 6.90. The Morgan fingerprint density at radius 2 is 1.55 bits per heavy atom. The maximum atomic E-state index is 12.2. The summed E-state index contributed by atoms with van der Waals surface area (Å²) in [6, 6.07) is 8.63. The van der Waals surface area contributed by atoms with Crippen LogP contribution in [-0.2, 0) is 10.1 Å². The predicted octanol–water partition coefficient (Wildman–Crippen LogP) is 3.77. The molecule has 2 N–H and O–H groups in total. The molecule has 0 saturated carbocycles. The number of benzene rings is 2. The number of halogens is 3. The van der Waals surface area contributed by atoms with Gasteiger partial charge in [0, 0.05) is 0 Å². The molecule has 0 bridgehead atoms. The van der Waals surface area contributed by atoms with Crippen LogP contribution < -0.4 is 0 Å². The van der Waals surface area contributed by atoms with Crippen molar-refractivity contribution in [1.29, 1.82) is 0 Å². The van der Waals surface area contributed by atoms with E-state index in [0.717, 1.165) is 24.3 Å². The topological polar surface area (TPSA) is 74.6 Å². The van der Waals surface area contributed by atoms with Gasteiger partial charge in [0.1, 0.15) is 16.6 Å². The Kier molecular flexibility index (Phi) is 5.76. The van der Waals surface area contributed by atoms with Gasteiger partial charge in [0.15, 0.2) is 0 Å². The number of phenolic OH excluding ortho intramolecular Hbond substituents is 1. The Balaban J connectivity index is 0.000000204. The van der Waals surface area contributed by atoms with E-state index in [-0.39, 0.29) is 15.7 Å². The fraction of sp³-hybridized carbons (Fsp3) is 0. The number of hydrogen-bond donors (Lipinski definition) is 2. The lowest BCUT2D eigenvalue weighted by Gasteiger charge is -1.95. The largest absolute Gasteiger partial charge is 0.506 e. The molecule has 2 rings (SSSR count). The first-order valence-corrected chi connectivity index (χ1v) is 7.27. The van der Waals surface area contributed by atoms with Gasteiger partial charge in [-0.15, -0.1) is 0 Å². The summed E-state index contributed by atoms with van der Waals surface area (Å²) in [5.74, 6) is -0.526. The van der Waals surface area contributed by atoms with Gasteiger partial charge < -0.3 is 5.11 Å². The maximum Gasteiger partial charge on any atom is 0.294 e. The molecule has 20 heavy (non-hydrogen) atoms.